The van der Waals surface area contributed by atoms with Gasteiger partial charge in [-0.25, -0.2) is 0 Å². The molecule has 0 aliphatic heterocycles. The molecular weight excluding hydrogens is 1470 g/mol. The van der Waals surface area contributed by atoms with E-state index < -0.39 is 0 Å². The van der Waals surface area contributed by atoms with Gasteiger partial charge in [-0.3, -0.25) is 0 Å². The van der Waals surface area contributed by atoms with Crippen LogP contribution in [0, 0.1) is 41.5 Å². The first kappa shape index (κ1) is 84.9. The van der Waals surface area contributed by atoms with Crippen LogP contribution in [0.25, 0.3) is 111 Å². The minimum absolute atomic E-state index is 1.01. The van der Waals surface area contributed by atoms with Crippen molar-refractivity contribution in [3.63, 3.8) is 0 Å². The largest absolute Gasteiger partial charge is 0.310 e. The van der Waals surface area contributed by atoms with Gasteiger partial charge in [-0.2, -0.15) is 0 Å². The van der Waals surface area contributed by atoms with Gasteiger partial charge in [-0.1, -0.05) is 348 Å². The number of hydrogen-bond acceptors (Lipinski definition) is 2. The van der Waals surface area contributed by atoms with Gasteiger partial charge in [-0.15, -0.1) is 0 Å². The molecule has 2 nitrogen and oxygen atoms in total. The van der Waals surface area contributed by atoms with E-state index in [4.69, 9.17) is 0 Å². The molecule has 0 unspecified atom stereocenters. The van der Waals surface area contributed by atoms with Crippen molar-refractivity contribution >= 4 is 34.1 Å². The van der Waals surface area contributed by atoms with Crippen LogP contribution in [0.1, 0.15) is 185 Å². The molecule has 0 spiro atoms. The first-order valence-electron chi connectivity index (χ1n) is 45.9. The lowest BCUT2D eigenvalue weighted by Crippen LogP contribution is -2.10. The van der Waals surface area contributed by atoms with E-state index in [9.17, 15) is 0 Å². The van der Waals surface area contributed by atoms with Crippen molar-refractivity contribution < 1.29 is 0 Å². The van der Waals surface area contributed by atoms with Crippen LogP contribution in [0.5, 0.6) is 0 Å². The van der Waals surface area contributed by atoms with Gasteiger partial charge >= 0.3 is 0 Å². The van der Waals surface area contributed by atoms with Crippen molar-refractivity contribution in [2.24, 2.45) is 0 Å². The van der Waals surface area contributed by atoms with Crippen LogP contribution in [-0.2, 0) is 38.5 Å². The molecular formula is C120H124N2. The molecule has 0 aliphatic carbocycles. The molecule has 0 heterocycles. The molecule has 2 heteroatoms. The molecule has 15 aromatic carbocycles. The predicted octanol–water partition coefficient (Wildman–Crippen LogP) is 35.2. The molecule has 0 amide bonds. The van der Waals surface area contributed by atoms with Crippen LogP contribution in [0.15, 0.2) is 315 Å². The second kappa shape index (κ2) is 40.1. The SMILES string of the molecule is CCCCCCc1cc(-c2ccc(N(c3ccc(-c4ccc(-c5ccc(-c6ccc(CCC)cc6)cc5)cc4)cc3)c3ccc(-c4c(C)cc(CCC)cc4C)cc3)cc2C)c(CCCCCC)cc1-c1ccc(N(c2ccc(-c3ccc(-c4ccc(-c5ccc(CCC)cc5)cc4)cc3)cc2)c2ccc(-c3c(C)cc(CCC)cc3C)cc2)cc1C. The topological polar surface area (TPSA) is 6.48 Å². The molecule has 0 fully saturated rings. The van der Waals surface area contributed by atoms with Gasteiger partial charge in [0.1, 0.15) is 0 Å². The molecule has 0 saturated heterocycles. The summed E-state index contributed by atoms with van der Waals surface area (Å²) in [6, 6.07) is 121. The number of hydrogen-bond donors (Lipinski definition) is 0. The Morgan fingerprint density at radius 1 is 0.164 bits per heavy atom. The zero-order valence-electron chi connectivity index (χ0n) is 74.6. The van der Waals surface area contributed by atoms with Crippen molar-refractivity contribution in [1.82, 2.24) is 0 Å². The lowest BCUT2D eigenvalue weighted by molar-refractivity contribution is 0.664. The Balaban J connectivity index is 0.762. The Morgan fingerprint density at radius 2 is 0.385 bits per heavy atom. The fourth-order valence-electron chi connectivity index (χ4n) is 18.9. The molecule has 0 saturated carbocycles. The van der Waals surface area contributed by atoms with Gasteiger partial charge in [-0.05, 0) is 344 Å². The number of rotatable bonds is 34. The van der Waals surface area contributed by atoms with E-state index in [1.54, 1.807) is 0 Å². The molecule has 0 bridgehead atoms. The van der Waals surface area contributed by atoms with Gasteiger partial charge in [0.25, 0.3) is 0 Å². The van der Waals surface area contributed by atoms with E-state index in [0.717, 1.165) is 111 Å². The predicted molar refractivity (Wildman–Crippen MR) is 530 cm³/mol. The summed E-state index contributed by atoms with van der Waals surface area (Å²) in [7, 11) is 0. The Labute approximate surface area is 731 Å². The number of anilines is 6. The summed E-state index contributed by atoms with van der Waals surface area (Å²) in [6.45, 7) is 27.5. The Bertz CT molecular complexity index is 5560. The lowest BCUT2D eigenvalue weighted by Gasteiger charge is -2.28. The number of unbranched alkanes of at least 4 members (excludes halogenated alkanes) is 6. The van der Waals surface area contributed by atoms with Crippen LogP contribution in [0.4, 0.5) is 34.1 Å². The average molecular weight is 1590 g/mol. The molecule has 0 radical (unpaired) electrons. The molecule has 122 heavy (non-hydrogen) atoms. The molecule has 0 N–H and O–H groups in total. The third-order valence-electron chi connectivity index (χ3n) is 25.3. The summed E-state index contributed by atoms with van der Waals surface area (Å²) in [4.78, 5) is 4.94. The fourth-order valence-corrected chi connectivity index (χ4v) is 18.9. The number of benzene rings is 15. The van der Waals surface area contributed by atoms with Crippen molar-refractivity contribution in [2.75, 3.05) is 9.80 Å². The summed E-state index contributed by atoms with van der Waals surface area (Å²) >= 11 is 0. The highest BCUT2D eigenvalue weighted by atomic mass is 15.1. The molecule has 0 aliphatic rings. The number of aryl methyl sites for hydroxylation is 12. The van der Waals surface area contributed by atoms with Crippen molar-refractivity contribution in [3.8, 4) is 111 Å². The molecule has 15 rings (SSSR count). The van der Waals surface area contributed by atoms with E-state index in [2.05, 4.69) is 408 Å². The normalized spacial score (nSPS) is 11.4. The summed E-state index contributed by atoms with van der Waals surface area (Å²) in [5, 5.41) is 0. The first-order valence-corrected chi connectivity index (χ1v) is 45.9. The fraction of sp³-hybridized carbons (Fsp3) is 0.250. The summed E-state index contributed by atoms with van der Waals surface area (Å²) < 4.78 is 0. The van der Waals surface area contributed by atoms with E-state index in [1.807, 2.05) is 0 Å². The Kier molecular flexibility index (Phi) is 27.9. The minimum atomic E-state index is 1.01. The monoisotopic (exact) mass is 1590 g/mol. The summed E-state index contributed by atoms with van der Waals surface area (Å²) in [5.41, 5.74) is 48.2. The van der Waals surface area contributed by atoms with E-state index in [-0.39, 0.29) is 0 Å². The van der Waals surface area contributed by atoms with Crippen LogP contribution in [0.3, 0.4) is 0 Å². The van der Waals surface area contributed by atoms with Crippen molar-refractivity contribution in [2.45, 2.75) is 199 Å². The lowest BCUT2D eigenvalue weighted by atomic mass is 9.84. The number of nitrogens with zero attached hydrogens (tertiary/aromatic N) is 2. The quantitative estimate of drug-likeness (QED) is 0.0371. The van der Waals surface area contributed by atoms with Crippen LogP contribution in [-0.4, -0.2) is 0 Å². The maximum atomic E-state index is 2.63. The van der Waals surface area contributed by atoms with Crippen LogP contribution in [0.2, 0.25) is 0 Å². The maximum absolute atomic E-state index is 2.63. The second-order valence-corrected chi connectivity index (χ2v) is 34.6. The van der Waals surface area contributed by atoms with Crippen molar-refractivity contribution in [3.05, 3.63) is 382 Å². The molecule has 0 atom stereocenters. The minimum Gasteiger partial charge on any atom is -0.310 e. The van der Waals surface area contributed by atoms with E-state index in [1.165, 1.54) is 217 Å². The van der Waals surface area contributed by atoms with Gasteiger partial charge in [0.05, 0.1) is 0 Å². The van der Waals surface area contributed by atoms with E-state index in [0.29, 0.717) is 0 Å². The van der Waals surface area contributed by atoms with Gasteiger partial charge < -0.3 is 9.80 Å². The van der Waals surface area contributed by atoms with Crippen molar-refractivity contribution in [1.29, 1.82) is 0 Å². The zero-order chi connectivity index (χ0) is 84.6. The highest BCUT2D eigenvalue weighted by Crippen LogP contribution is 2.46. The highest BCUT2D eigenvalue weighted by Gasteiger charge is 2.23. The third kappa shape index (κ3) is 19.7. The Hall–Kier alpha value is -12.1. The standard InChI is InChI=1S/C120H124N2/c1-13-19-21-23-29-107-81-118(116-74-72-114(80-84(116)8)122(112-69-61-106(62-70-112)120-87(11)77-92(28-18-6)78-88(120)12)110-65-57-104(58-66-110)102-53-49-100(50-54-102)98-45-41-96(42-46-98)94-37-33-90(26-16-4)34-38-94)108(30-24-22-20-14-2)82-117(107)115-73-71-113(79-83(115)7)121(111-67-59-105(60-68-111)119-85(9)75-91(27-17-5)76-86(119)10)109-63-55-103(56-64-109)101-51-47-99(48-52-101)97-43-39-95(40-44-97)93-35-31-89(25-15-3)32-36-93/h31-82H,13-30H2,1-12H3. The first-order chi connectivity index (χ1) is 59.7. The smallest absolute Gasteiger partial charge is 0.0464 e. The van der Waals surface area contributed by atoms with E-state index >= 15 is 0 Å². The maximum Gasteiger partial charge on any atom is 0.0464 e. The summed E-state index contributed by atoms with van der Waals surface area (Å²) in [6.07, 6.45) is 20.6. The zero-order valence-corrected chi connectivity index (χ0v) is 74.6. The molecule has 15 aromatic rings. The van der Waals surface area contributed by atoms with Gasteiger partial charge in [0, 0.05) is 34.1 Å². The van der Waals surface area contributed by atoms with Gasteiger partial charge in [0.2, 0.25) is 0 Å². The van der Waals surface area contributed by atoms with Crippen LogP contribution < -0.4 is 9.80 Å². The highest BCUT2D eigenvalue weighted by molar-refractivity contribution is 5.88. The molecule has 614 valence electrons. The molecule has 0 aromatic heterocycles. The Morgan fingerprint density at radius 3 is 0.623 bits per heavy atom. The third-order valence-corrected chi connectivity index (χ3v) is 25.3. The average Bonchev–Trinajstić information content (AvgIpc) is 0.774. The summed E-state index contributed by atoms with van der Waals surface area (Å²) in [5.74, 6) is 0. The second-order valence-electron chi connectivity index (χ2n) is 34.6. The van der Waals surface area contributed by atoms with Gasteiger partial charge in [0.15, 0.2) is 0 Å². The van der Waals surface area contributed by atoms with Crippen LogP contribution >= 0.6 is 0 Å².